The minimum Gasteiger partial charge on any atom is -0.397 e. The Labute approximate surface area is 149 Å². The van der Waals surface area contributed by atoms with Gasteiger partial charge in [-0.05, 0) is 30.9 Å². The number of hydrogen-bond donors (Lipinski definition) is 4. The molecule has 0 atom stereocenters. The highest BCUT2D eigenvalue weighted by atomic mass is 16.2. The average molecular weight is 347 g/mol. The van der Waals surface area contributed by atoms with Crippen molar-refractivity contribution in [3.8, 4) is 0 Å². The molecule has 7 heteroatoms. The van der Waals surface area contributed by atoms with Gasteiger partial charge >= 0.3 is 0 Å². The van der Waals surface area contributed by atoms with E-state index < -0.39 is 5.91 Å². The monoisotopic (exact) mass is 347 g/mol. The zero-order chi connectivity index (χ0) is 18.4. The molecule has 6 N–H and O–H groups in total. The molecule has 0 aromatic heterocycles. The average Bonchev–Trinajstić information content (AvgIpc) is 2.59. The smallest absolute Gasteiger partial charge is 0.253 e. The zero-order valence-corrected chi connectivity index (χ0v) is 15.1. The minimum atomic E-state index is -0.459. The van der Waals surface area contributed by atoms with Gasteiger partial charge in [0, 0.05) is 20.6 Å². The first-order valence-corrected chi connectivity index (χ1v) is 8.81. The molecule has 1 aromatic rings. The van der Waals surface area contributed by atoms with Crippen molar-refractivity contribution in [2.45, 2.75) is 32.1 Å². The Morgan fingerprint density at radius 3 is 2.52 bits per heavy atom. The SMILES string of the molecule is CNc1cc(N(C)CC(N)=O)c(C(=O)NCC2CCCCC2)cc1N. The summed E-state index contributed by atoms with van der Waals surface area (Å²) in [7, 11) is 3.49. The predicted molar refractivity (Wildman–Crippen MR) is 102 cm³/mol. The van der Waals surface area contributed by atoms with Crippen LogP contribution in [0.3, 0.4) is 0 Å². The van der Waals surface area contributed by atoms with Crippen LogP contribution in [-0.2, 0) is 4.79 Å². The molecule has 0 radical (unpaired) electrons. The summed E-state index contributed by atoms with van der Waals surface area (Å²) in [6.07, 6.45) is 6.08. The van der Waals surface area contributed by atoms with Crippen molar-refractivity contribution in [1.82, 2.24) is 5.32 Å². The Morgan fingerprint density at radius 1 is 1.24 bits per heavy atom. The molecule has 1 aliphatic carbocycles. The van der Waals surface area contributed by atoms with E-state index in [4.69, 9.17) is 11.5 Å². The summed E-state index contributed by atoms with van der Waals surface area (Å²) in [5, 5.41) is 6.02. The molecule has 0 unspecified atom stereocenters. The van der Waals surface area contributed by atoms with Crippen molar-refractivity contribution < 1.29 is 9.59 Å². The summed E-state index contributed by atoms with van der Waals surface area (Å²) in [6.45, 7) is 0.696. The van der Waals surface area contributed by atoms with E-state index in [1.54, 1.807) is 31.1 Å². The number of nitrogens with two attached hydrogens (primary N) is 2. The molecule has 7 nitrogen and oxygen atoms in total. The minimum absolute atomic E-state index is 0.0238. The van der Waals surface area contributed by atoms with E-state index in [-0.39, 0.29) is 12.5 Å². The fraction of sp³-hybridized carbons (Fsp3) is 0.556. The van der Waals surface area contributed by atoms with Gasteiger partial charge in [0.1, 0.15) is 0 Å². The van der Waals surface area contributed by atoms with Crippen LogP contribution in [0, 0.1) is 5.92 Å². The van der Waals surface area contributed by atoms with Gasteiger partial charge in [-0.15, -0.1) is 0 Å². The Kier molecular flexibility index (Phi) is 6.50. The van der Waals surface area contributed by atoms with Crippen molar-refractivity contribution in [3.63, 3.8) is 0 Å². The van der Waals surface area contributed by atoms with Crippen LogP contribution in [0.2, 0.25) is 0 Å². The molecular formula is C18H29N5O2. The van der Waals surface area contributed by atoms with Crippen molar-refractivity contribution >= 4 is 28.9 Å². The van der Waals surface area contributed by atoms with Gasteiger partial charge in [0.25, 0.3) is 5.91 Å². The van der Waals surface area contributed by atoms with Gasteiger partial charge in [-0.3, -0.25) is 9.59 Å². The molecule has 1 aliphatic rings. The van der Waals surface area contributed by atoms with Crippen LogP contribution in [0.1, 0.15) is 42.5 Å². The lowest BCUT2D eigenvalue weighted by molar-refractivity contribution is -0.116. The Balaban J connectivity index is 2.19. The third-order valence-corrected chi connectivity index (χ3v) is 4.76. The van der Waals surface area contributed by atoms with E-state index in [9.17, 15) is 9.59 Å². The van der Waals surface area contributed by atoms with E-state index in [0.717, 1.165) is 12.8 Å². The first-order chi connectivity index (χ1) is 11.9. The lowest BCUT2D eigenvalue weighted by Crippen LogP contribution is -2.34. The maximum Gasteiger partial charge on any atom is 0.253 e. The second kappa shape index (κ2) is 8.60. The van der Waals surface area contributed by atoms with E-state index in [1.807, 2.05) is 0 Å². The summed E-state index contributed by atoms with van der Waals surface area (Å²) >= 11 is 0. The molecule has 0 heterocycles. The van der Waals surface area contributed by atoms with Gasteiger partial charge in [0.2, 0.25) is 5.91 Å². The molecule has 1 saturated carbocycles. The normalized spacial score (nSPS) is 14.8. The molecule has 1 fully saturated rings. The number of amides is 2. The number of nitrogens with zero attached hydrogens (tertiary/aromatic N) is 1. The number of nitrogen functional groups attached to an aromatic ring is 1. The highest BCUT2D eigenvalue weighted by molar-refractivity contribution is 6.02. The Hall–Kier alpha value is -2.44. The van der Waals surface area contributed by atoms with Gasteiger partial charge < -0.3 is 27.0 Å². The van der Waals surface area contributed by atoms with Crippen LogP contribution in [0.5, 0.6) is 0 Å². The number of primary amides is 1. The number of carbonyl (C=O) groups excluding carboxylic acids is 2. The number of nitrogens with one attached hydrogen (secondary N) is 2. The van der Waals surface area contributed by atoms with E-state index in [0.29, 0.717) is 35.1 Å². The zero-order valence-electron chi connectivity index (χ0n) is 15.1. The largest absolute Gasteiger partial charge is 0.397 e. The predicted octanol–water partition coefficient (Wildman–Crippen LogP) is 1.54. The summed E-state index contributed by atoms with van der Waals surface area (Å²) in [5.41, 5.74) is 13.6. The number of rotatable bonds is 7. The van der Waals surface area contributed by atoms with Crippen molar-refractivity contribution in [2.75, 3.05) is 43.1 Å². The van der Waals surface area contributed by atoms with Gasteiger partial charge in [-0.1, -0.05) is 19.3 Å². The van der Waals surface area contributed by atoms with Crippen molar-refractivity contribution in [3.05, 3.63) is 17.7 Å². The quantitative estimate of drug-likeness (QED) is 0.559. The standard InChI is InChI=1S/C18H29N5O2/c1-21-15-9-16(23(2)11-17(20)24)13(8-14(15)19)18(25)22-10-12-6-4-3-5-7-12/h8-9,12,21H,3-7,10-11,19H2,1-2H3,(H2,20,24)(H,22,25). The summed E-state index contributed by atoms with van der Waals surface area (Å²) in [4.78, 5) is 25.6. The maximum atomic E-state index is 12.7. The third-order valence-electron chi connectivity index (χ3n) is 4.76. The lowest BCUT2D eigenvalue weighted by atomic mass is 9.89. The maximum absolute atomic E-state index is 12.7. The first-order valence-electron chi connectivity index (χ1n) is 8.81. The molecule has 0 bridgehead atoms. The molecule has 0 aliphatic heterocycles. The number of anilines is 3. The topological polar surface area (TPSA) is 113 Å². The molecular weight excluding hydrogens is 318 g/mol. The molecule has 2 rings (SSSR count). The van der Waals surface area contributed by atoms with Crippen LogP contribution in [0.4, 0.5) is 17.1 Å². The molecule has 0 spiro atoms. The molecule has 1 aromatic carbocycles. The number of hydrogen-bond acceptors (Lipinski definition) is 5. The lowest BCUT2D eigenvalue weighted by Gasteiger charge is -2.24. The third kappa shape index (κ3) is 5.01. The van der Waals surface area contributed by atoms with Gasteiger partial charge in [0.15, 0.2) is 0 Å². The van der Waals surface area contributed by atoms with Gasteiger partial charge in [-0.2, -0.15) is 0 Å². The number of likely N-dealkylation sites (N-methyl/N-ethyl adjacent to an activating group) is 1. The molecule has 25 heavy (non-hydrogen) atoms. The molecule has 2 amide bonds. The van der Waals surface area contributed by atoms with E-state index in [1.165, 1.54) is 19.3 Å². The molecule has 0 saturated heterocycles. The fourth-order valence-electron chi connectivity index (χ4n) is 3.36. The highest BCUT2D eigenvalue weighted by Gasteiger charge is 2.20. The Morgan fingerprint density at radius 2 is 1.92 bits per heavy atom. The summed E-state index contributed by atoms with van der Waals surface area (Å²) in [6, 6.07) is 3.42. The fourth-order valence-corrected chi connectivity index (χ4v) is 3.36. The van der Waals surface area contributed by atoms with E-state index in [2.05, 4.69) is 10.6 Å². The van der Waals surface area contributed by atoms with Crippen LogP contribution < -0.4 is 27.0 Å². The second-order valence-electron chi connectivity index (χ2n) is 6.74. The van der Waals surface area contributed by atoms with Crippen LogP contribution in [0.15, 0.2) is 12.1 Å². The summed E-state index contributed by atoms with van der Waals surface area (Å²) < 4.78 is 0. The first kappa shape index (κ1) is 18.9. The van der Waals surface area contributed by atoms with Gasteiger partial charge in [0.05, 0.1) is 29.2 Å². The highest BCUT2D eigenvalue weighted by Crippen LogP contribution is 2.30. The molecule has 138 valence electrons. The van der Waals surface area contributed by atoms with Crippen molar-refractivity contribution in [2.24, 2.45) is 11.7 Å². The van der Waals surface area contributed by atoms with Gasteiger partial charge in [-0.25, -0.2) is 0 Å². The summed E-state index contributed by atoms with van der Waals surface area (Å²) in [5.74, 6) is -0.0939. The van der Waals surface area contributed by atoms with Crippen LogP contribution >= 0.6 is 0 Å². The van der Waals surface area contributed by atoms with Crippen molar-refractivity contribution in [1.29, 1.82) is 0 Å². The van der Waals surface area contributed by atoms with Crippen LogP contribution in [0.25, 0.3) is 0 Å². The van der Waals surface area contributed by atoms with Crippen LogP contribution in [-0.4, -0.2) is 39.0 Å². The second-order valence-corrected chi connectivity index (χ2v) is 6.74. The number of carbonyl (C=O) groups is 2. The number of benzene rings is 1. The van der Waals surface area contributed by atoms with E-state index >= 15 is 0 Å². The Bertz CT molecular complexity index is 626.